The van der Waals surface area contributed by atoms with Gasteiger partial charge in [-0.3, -0.25) is 4.90 Å². The maximum Gasteiger partial charge on any atom is 0.338 e. The Kier molecular flexibility index (Phi) is 6.83. The van der Waals surface area contributed by atoms with Crippen LogP contribution in [0.4, 0.5) is 0 Å². The third-order valence-electron chi connectivity index (χ3n) is 6.16. The fourth-order valence-electron chi connectivity index (χ4n) is 4.34. The van der Waals surface area contributed by atoms with Crippen LogP contribution in [0.3, 0.4) is 0 Å². The van der Waals surface area contributed by atoms with Gasteiger partial charge in [-0.25, -0.2) is 4.79 Å². The van der Waals surface area contributed by atoms with Crippen molar-refractivity contribution in [3.8, 4) is 0 Å². The summed E-state index contributed by atoms with van der Waals surface area (Å²) in [5.41, 5.74) is 5.81. The minimum atomic E-state index is -0.216. The normalized spacial score (nSPS) is 19.2. The zero-order valence-corrected chi connectivity index (χ0v) is 18.5. The van der Waals surface area contributed by atoms with Crippen LogP contribution in [0.25, 0.3) is 0 Å². The number of hydrogen-bond donors (Lipinski definition) is 0. The number of esters is 1. The highest BCUT2D eigenvalue weighted by molar-refractivity contribution is 5.89. The number of carbonyl (C=O) groups excluding carboxylic acids is 1. The number of carbonyl (C=O) groups is 1. The van der Waals surface area contributed by atoms with Crippen LogP contribution in [0, 0.1) is 19.8 Å². The Labute approximate surface area is 185 Å². The first-order valence-corrected chi connectivity index (χ1v) is 11.2. The van der Waals surface area contributed by atoms with Gasteiger partial charge >= 0.3 is 5.97 Å². The molecule has 0 N–H and O–H groups in total. The van der Waals surface area contributed by atoms with Crippen LogP contribution in [0.15, 0.2) is 78.9 Å². The van der Waals surface area contributed by atoms with Gasteiger partial charge in [0.05, 0.1) is 5.56 Å². The highest BCUT2D eigenvalue weighted by atomic mass is 16.5. The van der Waals surface area contributed by atoms with Gasteiger partial charge in [0, 0.05) is 25.6 Å². The first-order chi connectivity index (χ1) is 15.1. The molecule has 0 aliphatic carbocycles. The van der Waals surface area contributed by atoms with Crippen molar-refractivity contribution in [1.29, 1.82) is 0 Å². The zero-order chi connectivity index (χ0) is 21.6. The van der Waals surface area contributed by atoms with Crippen LogP contribution in [0.5, 0.6) is 0 Å². The van der Waals surface area contributed by atoms with E-state index in [9.17, 15) is 4.79 Å². The van der Waals surface area contributed by atoms with Crippen molar-refractivity contribution in [2.24, 2.45) is 5.92 Å². The first-order valence-electron chi connectivity index (χ1n) is 11.2. The van der Waals surface area contributed by atoms with Crippen molar-refractivity contribution in [2.75, 3.05) is 13.1 Å². The van der Waals surface area contributed by atoms with Crippen molar-refractivity contribution in [3.63, 3.8) is 0 Å². The molecule has 4 rings (SSSR count). The molecule has 3 aromatic carbocycles. The van der Waals surface area contributed by atoms with Crippen molar-refractivity contribution < 1.29 is 9.53 Å². The van der Waals surface area contributed by atoms with Crippen LogP contribution in [-0.2, 0) is 17.7 Å². The Hall–Kier alpha value is -2.91. The molecule has 0 spiro atoms. The molecule has 3 heteroatoms. The number of aryl methyl sites for hydroxylation is 2. The van der Waals surface area contributed by atoms with E-state index in [1.54, 1.807) is 0 Å². The molecule has 0 radical (unpaired) electrons. The highest BCUT2D eigenvalue weighted by Crippen LogP contribution is 2.26. The van der Waals surface area contributed by atoms with Crippen LogP contribution >= 0.6 is 0 Å². The molecule has 3 aromatic rings. The van der Waals surface area contributed by atoms with E-state index in [0.717, 1.165) is 32.5 Å². The molecule has 1 aliphatic heterocycles. The SMILES string of the molecule is Cc1ccc(CC2CN(Cc3ccc(C)cc3)CCC2OC(=O)c2ccccc2)cc1. The molecule has 2 atom stereocenters. The summed E-state index contributed by atoms with van der Waals surface area (Å²) in [6.07, 6.45) is 1.71. The largest absolute Gasteiger partial charge is 0.458 e. The monoisotopic (exact) mass is 413 g/mol. The summed E-state index contributed by atoms with van der Waals surface area (Å²) in [5, 5.41) is 0. The third-order valence-corrected chi connectivity index (χ3v) is 6.16. The lowest BCUT2D eigenvalue weighted by Crippen LogP contribution is -2.45. The van der Waals surface area contributed by atoms with Crippen molar-refractivity contribution in [3.05, 3.63) is 107 Å². The molecule has 3 nitrogen and oxygen atoms in total. The summed E-state index contributed by atoms with van der Waals surface area (Å²) in [7, 11) is 0. The molecule has 0 bridgehead atoms. The van der Waals surface area contributed by atoms with Gasteiger partial charge in [-0.1, -0.05) is 77.9 Å². The van der Waals surface area contributed by atoms with Gasteiger partial charge < -0.3 is 4.74 Å². The molecular weight excluding hydrogens is 382 g/mol. The van der Waals surface area contributed by atoms with E-state index in [4.69, 9.17) is 4.74 Å². The maximum atomic E-state index is 12.7. The second kappa shape index (κ2) is 9.93. The summed E-state index contributed by atoms with van der Waals surface area (Å²) in [5.74, 6) is 0.0565. The number of benzene rings is 3. The number of likely N-dealkylation sites (tertiary alicyclic amines) is 1. The topological polar surface area (TPSA) is 29.5 Å². The zero-order valence-electron chi connectivity index (χ0n) is 18.5. The molecule has 0 aromatic heterocycles. The highest BCUT2D eigenvalue weighted by Gasteiger charge is 2.32. The lowest BCUT2D eigenvalue weighted by atomic mass is 9.88. The molecule has 1 heterocycles. The minimum absolute atomic E-state index is 0.0664. The predicted molar refractivity (Wildman–Crippen MR) is 125 cm³/mol. The van der Waals surface area contributed by atoms with Gasteiger partial charge in [0.15, 0.2) is 0 Å². The van der Waals surface area contributed by atoms with Crippen molar-refractivity contribution >= 4 is 5.97 Å². The van der Waals surface area contributed by atoms with Gasteiger partial charge in [-0.15, -0.1) is 0 Å². The quantitative estimate of drug-likeness (QED) is 0.493. The summed E-state index contributed by atoms with van der Waals surface area (Å²) < 4.78 is 6.03. The standard InChI is InChI=1S/C28H31NO2/c1-21-8-12-23(13-9-21)18-26-20-29(19-24-14-10-22(2)11-15-24)17-16-27(26)31-28(30)25-6-4-3-5-7-25/h3-15,26-27H,16-20H2,1-2H3. The minimum Gasteiger partial charge on any atom is -0.458 e. The molecular formula is C28H31NO2. The predicted octanol–water partition coefficient (Wildman–Crippen LogP) is 5.59. The number of nitrogens with zero attached hydrogens (tertiary/aromatic N) is 1. The number of ether oxygens (including phenoxy) is 1. The van der Waals surface area contributed by atoms with E-state index in [0.29, 0.717) is 5.56 Å². The van der Waals surface area contributed by atoms with Crippen molar-refractivity contribution in [2.45, 2.75) is 39.3 Å². The Morgan fingerprint density at radius 2 is 1.48 bits per heavy atom. The Morgan fingerprint density at radius 3 is 2.13 bits per heavy atom. The van der Waals surface area contributed by atoms with Crippen LogP contribution in [0.1, 0.15) is 39.0 Å². The fourth-order valence-corrected chi connectivity index (χ4v) is 4.34. The number of rotatable bonds is 6. The molecule has 1 fully saturated rings. The van der Waals surface area contributed by atoms with Gasteiger partial charge in [0.2, 0.25) is 0 Å². The number of hydrogen-bond acceptors (Lipinski definition) is 3. The van der Waals surface area contributed by atoms with E-state index in [1.807, 2.05) is 30.3 Å². The summed E-state index contributed by atoms with van der Waals surface area (Å²) in [6, 6.07) is 26.8. The summed E-state index contributed by atoms with van der Waals surface area (Å²) in [4.78, 5) is 15.2. The van der Waals surface area contributed by atoms with Crippen LogP contribution in [0.2, 0.25) is 0 Å². The molecule has 1 saturated heterocycles. The van der Waals surface area contributed by atoms with E-state index in [-0.39, 0.29) is 18.0 Å². The Balaban J connectivity index is 1.47. The number of piperidine rings is 1. The van der Waals surface area contributed by atoms with Gasteiger partial charge in [-0.05, 0) is 49.9 Å². The second-order valence-electron chi connectivity index (χ2n) is 8.77. The molecule has 0 amide bonds. The molecule has 2 unspecified atom stereocenters. The molecule has 0 saturated carbocycles. The van der Waals surface area contributed by atoms with E-state index in [2.05, 4.69) is 67.3 Å². The van der Waals surface area contributed by atoms with Crippen LogP contribution < -0.4 is 0 Å². The average molecular weight is 414 g/mol. The fraction of sp³-hybridized carbons (Fsp3) is 0.321. The first kappa shape index (κ1) is 21.3. The van der Waals surface area contributed by atoms with E-state index < -0.39 is 0 Å². The Morgan fingerprint density at radius 1 is 0.871 bits per heavy atom. The molecule has 160 valence electrons. The second-order valence-corrected chi connectivity index (χ2v) is 8.77. The third kappa shape index (κ3) is 5.83. The van der Waals surface area contributed by atoms with Gasteiger partial charge in [-0.2, -0.15) is 0 Å². The van der Waals surface area contributed by atoms with Gasteiger partial charge in [0.1, 0.15) is 6.10 Å². The lowest BCUT2D eigenvalue weighted by Gasteiger charge is -2.38. The van der Waals surface area contributed by atoms with Gasteiger partial charge in [0.25, 0.3) is 0 Å². The lowest BCUT2D eigenvalue weighted by molar-refractivity contribution is -0.0162. The summed E-state index contributed by atoms with van der Waals surface area (Å²) in [6.45, 7) is 7.02. The Bertz CT molecular complexity index is 980. The average Bonchev–Trinajstić information content (AvgIpc) is 2.79. The molecule has 1 aliphatic rings. The molecule has 31 heavy (non-hydrogen) atoms. The smallest absolute Gasteiger partial charge is 0.338 e. The van der Waals surface area contributed by atoms with E-state index in [1.165, 1.54) is 22.3 Å². The van der Waals surface area contributed by atoms with E-state index >= 15 is 0 Å². The van der Waals surface area contributed by atoms with Crippen LogP contribution in [-0.4, -0.2) is 30.1 Å². The summed E-state index contributed by atoms with van der Waals surface area (Å²) >= 11 is 0. The van der Waals surface area contributed by atoms with Crippen molar-refractivity contribution in [1.82, 2.24) is 4.90 Å². The maximum absolute atomic E-state index is 12.7.